The van der Waals surface area contributed by atoms with Crippen molar-refractivity contribution in [2.24, 2.45) is 10.2 Å². The minimum atomic E-state index is -1.35. The molecule has 7 nitrogen and oxygen atoms in total. The van der Waals surface area contributed by atoms with Gasteiger partial charge in [0.15, 0.2) is 5.69 Å². The molecule has 0 saturated heterocycles. The first-order valence-corrected chi connectivity index (χ1v) is 5.92. The van der Waals surface area contributed by atoms with Gasteiger partial charge >= 0.3 is 5.97 Å². The van der Waals surface area contributed by atoms with Crippen LogP contribution in [0.15, 0.2) is 28.4 Å². The van der Waals surface area contributed by atoms with Gasteiger partial charge in [-0.1, -0.05) is 23.2 Å². The van der Waals surface area contributed by atoms with Gasteiger partial charge in [0.25, 0.3) is 5.69 Å². The van der Waals surface area contributed by atoms with Crippen LogP contribution in [0, 0.1) is 10.1 Å². The van der Waals surface area contributed by atoms with Crippen molar-refractivity contribution in [1.29, 1.82) is 0 Å². The average Bonchev–Trinajstić information content (AvgIpc) is 2.36. The summed E-state index contributed by atoms with van der Waals surface area (Å²) in [5.74, 6) is -0.774. The van der Waals surface area contributed by atoms with Gasteiger partial charge < -0.3 is 4.74 Å². The van der Waals surface area contributed by atoms with E-state index in [1.165, 1.54) is 12.1 Å². The number of carbonyl (C=O) groups is 1. The van der Waals surface area contributed by atoms with E-state index in [0.29, 0.717) is 0 Å². The van der Waals surface area contributed by atoms with Crippen LogP contribution in [0.1, 0.15) is 6.92 Å². The standard InChI is InChI=1S/C10H9Cl2N3O4/c1-2-19-10(16)9(12)14-13-7-4-3-6(11)5-8(7)15(17)18/h3-5,9H,2H2,1H3. The van der Waals surface area contributed by atoms with E-state index in [0.717, 1.165) is 6.07 Å². The van der Waals surface area contributed by atoms with E-state index in [-0.39, 0.29) is 23.0 Å². The Labute approximate surface area is 118 Å². The molecule has 0 aromatic heterocycles. The first kappa shape index (κ1) is 15.3. The molecule has 9 heteroatoms. The van der Waals surface area contributed by atoms with Crippen LogP contribution in [0.25, 0.3) is 0 Å². The average molecular weight is 306 g/mol. The lowest BCUT2D eigenvalue weighted by molar-refractivity contribution is -0.384. The fraction of sp³-hybridized carbons (Fsp3) is 0.300. The van der Waals surface area contributed by atoms with Crippen LogP contribution in [-0.4, -0.2) is 23.0 Å². The van der Waals surface area contributed by atoms with E-state index in [1.54, 1.807) is 6.92 Å². The number of rotatable bonds is 5. The SMILES string of the molecule is CCOC(=O)C(Cl)N=Nc1ccc(Cl)cc1[N+](=O)[O-]. The van der Waals surface area contributed by atoms with Crippen LogP contribution in [0.3, 0.4) is 0 Å². The first-order valence-electron chi connectivity index (χ1n) is 5.11. The Bertz CT molecular complexity index is 521. The van der Waals surface area contributed by atoms with Gasteiger partial charge in [-0.2, -0.15) is 5.11 Å². The van der Waals surface area contributed by atoms with Crippen LogP contribution >= 0.6 is 23.2 Å². The van der Waals surface area contributed by atoms with Crippen molar-refractivity contribution in [3.63, 3.8) is 0 Å². The maximum absolute atomic E-state index is 11.2. The number of halogens is 2. The Morgan fingerprint density at radius 2 is 2.26 bits per heavy atom. The van der Waals surface area contributed by atoms with Crippen molar-refractivity contribution < 1.29 is 14.5 Å². The maximum Gasteiger partial charge on any atom is 0.348 e. The van der Waals surface area contributed by atoms with Gasteiger partial charge in [-0.15, -0.1) is 5.11 Å². The molecule has 1 unspecified atom stereocenters. The molecule has 0 saturated carbocycles. The zero-order chi connectivity index (χ0) is 14.4. The second-order valence-corrected chi connectivity index (χ2v) is 4.04. The van der Waals surface area contributed by atoms with Gasteiger partial charge in [0.2, 0.25) is 5.50 Å². The Hall–Kier alpha value is -1.73. The number of nitrogens with zero attached hydrogens (tertiary/aromatic N) is 3. The van der Waals surface area contributed by atoms with Crippen molar-refractivity contribution >= 4 is 40.5 Å². The van der Waals surface area contributed by atoms with Crippen LogP contribution in [-0.2, 0) is 9.53 Å². The number of benzene rings is 1. The molecule has 1 atom stereocenters. The molecular weight excluding hydrogens is 297 g/mol. The topological polar surface area (TPSA) is 94.2 Å². The lowest BCUT2D eigenvalue weighted by atomic mass is 10.3. The van der Waals surface area contributed by atoms with Crippen LogP contribution in [0.5, 0.6) is 0 Å². The third-order valence-corrected chi connectivity index (χ3v) is 2.38. The number of ether oxygens (including phenoxy) is 1. The van der Waals surface area contributed by atoms with Crippen LogP contribution in [0.4, 0.5) is 11.4 Å². The number of hydrogen-bond donors (Lipinski definition) is 0. The van der Waals surface area contributed by atoms with E-state index >= 15 is 0 Å². The minimum absolute atomic E-state index is 0.0515. The molecule has 0 spiro atoms. The van der Waals surface area contributed by atoms with Crippen LogP contribution in [0.2, 0.25) is 5.02 Å². The van der Waals surface area contributed by atoms with Crippen LogP contribution < -0.4 is 0 Å². The number of esters is 1. The molecule has 0 radical (unpaired) electrons. The molecule has 0 N–H and O–H groups in total. The molecule has 0 heterocycles. The highest BCUT2D eigenvalue weighted by Gasteiger charge is 2.17. The van der Waals surface area contributed by atoms with Crippen molar-refractivity contribution in [3.05, 3.63) is 33.3 Å². The maximum atomic E-state index is 11.2. The van der Waals surface area contributed by atoms with Gasteiger partial charge in [-0.05, 0) is 19.1 Å². The second kappa shape index (κ2) is 7.01. The van der Waals surface area contributed by atoms with Crippen molar-refractivity contribution in [3.8, 4) is 0 Å². The predicted octanol–water partition coefficient (Wildman–Crippen LogP) is 3.46. The molecule has 1 aromatic carbocycles. The van der Waals surface area contributed by atoms with Gasteiger partial charge in [0.05, 0.1) is 11.5 Å². The lowest BCUT2D eigenvalue weighted by Crippen LogP contribution is -2.14. The molecule has 0 bridgehead atoms. The van der Waals surface area contributed by atoms with Gasteiger partial charge in [0, 0.05) is 11.1 Å². The van der Waals surface area contributed by atoms with E-state index in [2.05, 4.69) is 15.0 Å². The number of hydrogen-bond acceptors (Lipinski definition) is 6. The van der Waals surface area contributed by atoms with Gasteiger partial charge in [-0.25, -0.2) is 4.79 Å². The summed E-state index contributed by atoms with van der Waals surface area (Å²) < 4.78 is 4.61. The number of alkyl halides is 1. The predicted molar refractivity (Wildman–Crippen MR) is 68.9 cm³/mol. The normalized spacial score (nSPS) is 12.4. The third-order valence-electron chi connectivity index (χ3n) is 1.88. The Kier molecular flexibility index (Phi) is 5.65. The summed E-state index contributed by atoms with van der Waals surface area (Å²) in [7, 11) is 0. The van der Waals surface area contributed by atoms with E-state index in [1.807, 2.05) is 0 Å². The molecule has 102 valence electrons. The summed E-state index contributed by atoms with van der Waals surface area (Å²) in [6, 6.07) is 3.85. The Balaban J connectivity index is 2.93. The van der Waals surface area contributed by atoms with E-state index < -0.39 is 16.4 Å². The van der Waals surface area contributed by atoms with Crippen molar-refractivity contribution in [2.75, 3.05) is 6.61 Å². The van der Waals surface area contributed by atoms with E-state index in [9.17, 15) is 14.9 Å². The smallest absolute Gasteiger partial charge is 0.348 e. The quantitative estimate of drug-likeness (QED) is 0.208. The largest absolute Gasteiger partial charge is 0.463 e. The molecule has 0 aliphatic rings. The number of carbonyl (C=O) groups excluding carboxylic acids is 1. The summed E-state index contributed by atoms with van der Waals surface area (Å²) in [5, 5.41) is 18.0. The molecule has 0 aliphatic carbocycles. The number of nitro benzene ring substituents is 1. The molecule has 0 amide bonds. The number of azo groups is 1. The summed E-state index contributed by atoms with van der Waals surface area (Å²) in [6.07, 6.45) is 0. The molecule has 0 aliphatic heterocycles. The molecule has 19 heavy (non-hydrogen) atoms. The van der Waals surface area contributed by atoms with Gasteiger partial charge in [0.1, 0.15) is 0 Å². The first-order chi connectivity index (χ1) is 8.95. The van der Waals surface area contributed by atoms with Crippen molar-refractivity contribution in [2.45, 2.75) is 12.4 Å². The molecule has 0 fully saturated rings. The summed E-state index contributed by atoms with van der Waals surface area (Å²) in [5.41, 5.74) is -1.73. The Morgan fingerprint density at radius 3 is 2.84 bits per heavy atom. The van der Waals surface area contributed by atoms with E-state index in [4.69, 9.17) is 23.2 Å². The fourth-order valence-corrected chi connectivity index (χ4v) is 1.37. The molecule has 1 rings (SSSR count). The summed E-state index contributed by atoms with van der Waals surface area (Å²) >= 11 is 11.2. The van der Waals surface area contributed by atoms with Crippen molar-refractivity contribution in [1.82, 2.24) is 0 Å². The summed E-state index contributed by atoms with van der Waals surface area (Å²) in [6.45, 7) is 1.77. The zero-order valence-electron chi connectivity index (χ0n) is 9.75. The molecular formula is C10H9Cl2N3O4. The fourth-order valence-electron chi connectivity index (χ4n) is 1.10. The van der Waals surface area contributed by atoms with Gasteiger partial charge in [-0.3, -0.25) is 10.1 Å². The summed E-state index contributed by atoms with van der Waals surface area (Å²) in [4.78, 5) is 21.3. The number of nitro groups is 1. The minimum Gasteiger partial charge on any atom is -0.463 e. The highest BCUT2D eigenvalue weighted by atomic mass is 35.5. The zero-order valence-corrected chi connectivity index (χ0v) is 11.3. The highest BCUT2D eigenvalue weighted by molar-refractivity contribution is 6.31. The lowest BCUT2D eigenvalue weighted by Gasteiger charge is -2.02. The Morgan fingerprint density at radius 1 is 1.58 bits per heavy atom. The third kappa shape index (κ3) is 4.46. The highest BCUT2D eigenvalue weighted by Crippen LogP contribution is 2.30. The molecule has 1 aromatic rings. The second-order valence-electron chi connectivity index (χ2n) is 3.19. The monoisotopic (exact) mass is 305 g/mol.